The lowest BCUT2D eigenvalue weighted by molar-refractivity contribution is 0.332. The SMILES string of the molecule is CSc1cccc(N2CCC(C(CC#N)n3cc(-c4ncnc5[nH]ccc45)cn3)C2)c1C#N. The highest BCUT2D eigenvalue weighted by molar-refractivity contribution is 7.98. The van der Waals surface area contributed by atoms with Crippen LogP contribution in [0.2, 0.25) is 0 Å². The standard InChI is InChI=1S/C24H22N8S/c1-33-22-4-2-3-21(19(22)11-26)31-10-7-16(13-31)20(5-8-25)32-14-17(12-30-32)23-18-6-9-27-24(18)29-15-28-23/h2-4,6,9,12,14-16,20H,5,7,10,13H2,1H3,(H,27,28,29). The molecule has 0 spiro atoms. The molecule has 33 heavy (non-hydrogen) atoms. The summed E-state index contributed by atoms with van der Waals surface area (Å²) >= 11 is 1.59. The first-order valence-electron chi connectivity index (χ1n) is 10.7. The summed E-state index contributed by atoms with van der Waals surface area (Å²) in [5, 5.41) is 24.9. The van der Waals surface area contributed by atoms with Gasteiger partial charge in [0.2, 0.25) is 0 Å². The third kappa shape index (κ3) is 3.81. The van der Waals surface area contributed by atoms with Crippen molar-refractivity contribution < 1.29 is 0 Å². The molecule has 3 aromatic heterocycles. The molecular weight excluding hydrogens is 432 g/mol. The van der Waals surface area contributed by atoms with Crippen molar-refractivity contribution in [2.75, 3.05) is 24.2 Å². The predicted molar refractivity (Wildman–Crippen MR) is 128 cm³/mol. The number of hydrogen-bond acceptors (Lipinski definition) is 7. The van der Waals surface area contributed by atoms with Crippen molar-refractivity contribution >= 4 is 28.5 Å². The summed E-state index contributed by atoms with van der Waals surface area (Å²) in [6, 6.07) is 12.6. The van der Waals surface area contributed by atoms with Gasteiger partial charge in [-0.3, -0.25) is 4.68 Å². The quantitative estimate of drug-likeness (QED) is 0.430. The molecule has 164 valence electrons. The highest BCUT2D eigenvalue weighted by atomic mass is 32.2. The number of nitrogens with one attached hydrogen (secondary N) is 1. The van der Waals surface area contributed by atoms with Crippen molar-refractivity contribution in [3.8, 4) is 23.4 Å². The van der Waals surface area contributed by atoms with Gasteiger partial charge in [-0.1, -0.05) is 6.07 Å². The summed E-state index contributed by atoms with van der Waals surface area (Å²) in [4.78, 5) is 15.1. The summed E-state index contributed by atoms with van der Waals surface area (Å²) < 4.78 is 1.91. The fourth-order valence-electron chi connectivity index (χ4n) is 4.70. The van der Waals surface area contributed by atoms with Crippen molar-refractivity contribution in [3.63, 3.8) is 0 Å². The van der Waals surface area contributed by atoms with Crippen molar-refractivity contribution in [3.05, 3.63) is 54.7 Å². The molecule has 0 bridgehead atoms. The van der Waals surface area contributed by atoms with Crippen LogP contribution in [-0.2, 0) is 0 Å². The molecule has 1 N–H and O–H groups in total. The number of aromatic nitrogens is 5. The number of benzene rings is 1. The van der Waals surface area contributed by atoms with Gasteiger partial charge in [0.25, 0.3) is 0 Å². The Bertz CT molecular complexity index is 1380. The molecule has 1 saturated heterocycles. The number of H-pyrrole nitrogens is 1. The number of thioether (sulfide) groups is 1. The summed E-state index contributed by atoms with van der Waals surface area (Å²) in [5.41, 5.74) is 4.21. The summed E-state index contributed by atoms with van der Waals surface area (Å²) in [6.45, 7) is 1.63. The van der Waals surface area contributed by atoms with E-state index < -0.39 is 0 Å². The molecular formula is C24H22N8S. The zero-order valence-corrected chi connectivity index (χ0v) is 19.0. The molecule has 2 atom stereocenters. The van der Waals surface area contributed by atoms with Crippen molar-refractivity contribution in [2.45, 2.75) is 23.8 Å². The Morgan fingerprint density at radius 2 is 2.18 bits per heavy atom. The van der Waals surface area contributed by atoms with Gasteiger partial charge in [0.15, 0.2) is 0 Å². The fraction of sp³-hybridized carbons (Fsp3) is 0.292. The molecule has 9 heteroatoms. The smallest absolute Gasteiger partial charge is 0.141 e. The number of fused-ring (bicyclic) bond motifs is 1. The topological polar surface area (TPSA) is 110 Å². The Morgan fingerprint density at radius 1 is 1.27 bits per heavy atom. The van der Waals surface area contributed by atoms with Crippen LogP contribution in [-0.4, -0.2) is 44.1 Å². The van der Waals surface area contributed by atoms with Crippen molar-refractivity contribution in [2.24, 2.45) is 5.92 Å². The first-order chi connectivity index (χ1) is 16.2. The second-order valence-corrected chi connectivity index (χ2v) is 8.91. The van der Waals surface area contributed by atoms with E-state index in [0.717, 1.165) is 57.9 Å². The lowest BCUT2D eigenvalue weighted by Gasteiger charge is -2.24. The van der Waals surface area contributed by atoms with E-state index in [1.165, 1.54) is 0 Å². The number of aromatic amines is 1. The molecule has 0 saturated carbocycles. The van der Waals surface area contributed by atoms with E-state index in [4.69, 9.17) is 0 Å². The van der Waals surface area contributed by atoms with Crippen LogP contribution in [0.5, 0.6) is 0 Å². The average molecular weight is 455 g/mol. The average Bonchev–Trinajstić information content (AvgIpc) is 3.62. The predicted octanol–water partition coefficient (Wildman–Crippen LogP) is 4.40. The van der Waals surface area contributed by atoms with Crippen LogP contribution in [0.3, 0.4) is 0 Å². The molecule has 1 fully saturated rings. The number of rotatable bonds is 6. The van der Waals surface area contributed by atoms with Crippen LogP contribution in [0, 0.1) is 28.6 Å². The van der Waals surface area contributed by atoms with Crippen LogP contribution in [0.1, 0.15) is 24.4 Å². The van der Waals surface area contributed by atoms with Crippen LogP contribution in [0.15, 0.2) is 54.1 Å². The molecule has 2 unspecified atom stereocenters. The zero-order valence-electron chi connectivity index (χ0n) is 18.1. The fourth-order valence-corrected chi connectivity index (χ4v) is 5.27. The zero-order chi connectivity index (χ0) is 22.8. The van der Waals surface area contributed by atoms with Gasteiger partial charge in [-0.2, -0.15) is 15.6 Å². The maximum Gasteiger partial charge on any atom is 0.141 e. The van der Waals surface area contributed by atoms with Crippen molar-refractivity contribution in [1.82, 2.24) is 24.7 Å². The van der Waals surface area contributed by atoms with Gasteiger partial charge < -0.3 is 9.88 Å². The van der Waals surface area contributed by atoms with Crippen LogP contribution < -0.4 is 4.90 Å². The third-order valence-corrected chi connectivity index (χ3v) is 7.09. The van der Waals surface area contributed by atoms with E-state index in [0.29, 0.717) is 6.42 Å². The summed E-state index contributed by atoms with van der Waals surface area (Å²) in [7, 11) is 0. The molecule has 1 aliphatic rings. The normalized spacial score (nSPS) is 16.6. The Morgan fingerprint density at radius 3 is 3.00 bits per heavy atom. The van der Waals surface area contributed by atoms with E-state index in [1.807, 2.05) is 53.8 Å². The van der Waals surface area contributed by atoms with Gasteiger partial charge in [-0.05, 0) is 30.9 Å². The second kappa shape index (κ2) is 8.97. The lowest BCUT2D eigenvalue weighted by Crippen LogP contribution is -2.25. The molecule has 8 nitrogen and oxygen atoms in total. The van der Waals surface area contributed by atoms with Crippen molar-refractivity contribution in [1.29, 1.82) is 10.5 Å². The molecule has 1 aliphatic heterocycles. The molecule has 4 aromatic rings. The van der Waals surface area contributed by atoms with Gasteiger partial charge in [0.1, 0.15) is 18.0 Å². The van der Waals surface area contributed by atoms with Gasteiger partial charge >= 0.3 is 0 Å². The minimum atomic E-state index is -0.0495. The van der Waals surface area contributed by atoms with Crippen LogP contribution in [0.25, 0.3) is 22.3 Å². The maximum atomic E-state index is 9.74. The Balaban J connectivity index is 1.42. The summed E-state index contributed by atoms with van der Waals surface area (Å²) in [5.74, 6) is 0.250. The molecule has 0 radical (unpaired) electrons. The molecule has 1 aromatic carbocycles. The Hall–Kier alpha value is -3.82. The van der Waals surface area contributed by atoms with Crippen LogP contribution >= 0.6 is 11.8 Å². The van der Waals surface area contributed by atoms with Crippen LogP contribution in [0.4, 0.5) is 5.69 Å². The monoisotopic (exact) mass is 454 g/mol. The maximum absolute atomic E-state index is 9.74. The Labute approximate surface area is 195 Å². The number of anilines is 1. The first-order valence-corrected chi connectivity index (χ1v) is 12.0. The number of nitrogens with zero attached hydrogens (tertiary/aromatic N) is 7. The minimum Gasteiger partial charge on any atom is -0.370 e. The minimum absolute atomic E-state index is 0.0495. The number of nitriles is 2. The van der Waals surface area contributed by atoms with E-state index in [1.54, 1.807) is 18.1 Å². The highest BCUT2D eigenvalue weighted by Gasteiger charge is 2.32. The molecule has 0 amide bonds. The van der Waals surface area contributed by atoms with E-state index in [9.17, 15) is 10.5 Å². The van der Waals surface area contributed by atoms with Gasteiger partial charge in [0.05, 0.1) is 41.7 Å². The van der Waals surface area contributed by atoms with E-state index in [-0.39, 0.29) is 12.0 Å². The van der Waals surface area contributed by atoms with Gasteiger partial charge in [-0.15, -0.1) is 11.8 Å². The largest absolute Gasteiger partial charge is 0.370 e. The molecule has 5 rings (SSSR count). The third-order valence-electron chi connectivity index (χ3n) is 6.31. The second-order valence-electron chi connectivity index (χ2n) is 8.06. The van der Waals surface area contributed by atoms with E-state index >= 15 is 0 Å². The number of hydrogen-bond donors (Lipinski definition) is 1. The Kier molecular flexibility index (Phi) is 5.72. The molecule has 4 heterocycles. The highest BCUT2D eigenvalue weighted by Crippen LogP contribution is 2.37. The van der Waals surface area contributed by atoms with Gasteiger partial charge in [-0.25, -0.2) is 9.97 Å². The first kappa shape index (κ1) is 21.0. The van der Waals surface area contributed by atoms with E-state index in [2.05, 4.69) is 37.1 Å². The molecule has 0 aliphatic carbocycles. The van der Waals surface area contributed by atoms with Gasteiger partial charge in [0, 0.05) is 47.2 Å². The lowest BCUT2D eigenvalue weighted by atomic mass is 9.96. The summed E-state index contributed by atoms with van der Waals surface area (Å²) in [6.07, 6.45) is 10.5.